The average molecular weight is 440 g/mol. The van der Waals surface area contributed by atoms with Crippen molar-refractivity contribution in [1.29, 1.82) is 0 Å². The highest BCUT2D eigenvalue weighted by molar-refractivity contribution is 6.21. The van der Waals surface area contributed by atoms with E-state index in [1.165, 1.54) is 11.0 Å². The molecule has 1 aliphatic rings. The minimum Gasteiger partial charge on any atom is -0.494 e. The van der Waals surface area contributed by atoms with Gasteiger partial charge >= 0.3 is 6.03 Å². The smallest absolute Gasteiger partial charge is 0.319 e. The van der Waals surface area contributed by atoms with Crippen LogP contribution >= 0.6 is 0 Å². The van der Waals surface area contributed by atoms with Gasteiger partial charge in [0, 0.05) is 31.5 Å². The second-order valence-corrected chi connectivity index (χ2v) is 7.66. The van der Waals surface area contributed by atoms with Crippen LogP contribution in [0.15, 0.2) is 36.4 Å². The zero-order chi connectivity index (χ0) is 23.3. The molecule has 0 aromatic heterocycles. The van der Waals surface area contributed by atoms with Gasteiger partial charge < -0.3 is 20.1 Å². The predicted molar refractivity (Wildman–Crippen MR) is 121 cm³/mol. The molecular weight excluding hydrogens is 410 g/mol. The normalized spacial score (nSPS) is 13.7. The van der Waals surface area contributed by atoms with E-state index in [0.29, 0.717) is 37.4 Å². The van der Waals surface area contributed by atoms with Gasteiger partial charge in [-0.2, -0.15) is 0 Å². The van der Waals surface area contributed by atoms with Crippen LogP contribution in [0.2, 0.25) is 0 Å². The van der Waals surface area contributed by atoms with E-state index < -0.39 is 6.03 Å². The van der Waals surface area contributed by atoms with Gasteiger partial charge in [0.2, 0.25) is 0 Å². The Hall–Kier alpha value is -3.39. The van der Waals surface area contributed by atoms with Gasteiger partial charge in [0.15, 0.2) is 0 Å². The fraction of sp³-hybridized carbons (Fsp3) is 0.375. The molecule has 8 heteroatoms. The first kappa shape index (κ1) is 23.3. The number of methoxy groups -OCH3 is 1. The van der Waals surface area contributed by atoms with Crippen molar-refractivity contribution in [3.05, 3.63) is 58.7 Å². The topological polar surface area (TPSA) is 97.0 Å². The largest absolute Gasteiger partial charge is 0.494 e. The van der Waals surface area contributed by atoms with Gasteiger partial charge in [-0.05, 0) is 51.5 Å². The van der Waals surface area contributed by atoms with Gasteiger partial charge in [0.1, 0.15) is 5.75 Å². The molecule has 0 spiro atoms. The summed E-state index contributed by atoms with van der Waals surface area (Å²) in [6.07, 6.45) is 0.566. The minimum absolute atomic E-state index is 0.288. The lowest BCUT2D eigenvalue weighted by molar-refractivity contribution is 0.0638. The van der Waals surface area contributed by atoms with Crippen molar-refractivity contribution >= 4 is 23.5 Å². The Labute approximate surface area is 187 Å². The van der Waals surface area contributed by atoms with E-state index in [-0.39, 0.29) is 23.4 Å². The zero-order valence-electron chi connectivity index (χ0n) is 18.9. The van der Waals surface area contributed by atoms with E-state index in [2.05, 4.69) is 10.6 Å². The van der Waals surface area contributed by atoms with E-state index in [9.17, 15) is 14.4 Å². The quantitative estimate of drug-likeness (QED) is 0.456. The molecule has 0 fully saturated rings. The summed E-state index contributed by atoms with van der Waals surface area (Å²) in [6, 6.07) is 9.83. The van der Waals surface area contributed by atoms with Crippen molar-refractivity contribution in [1.82, 2.24) is 10.2 Å². The number of hydrogen-bond acceptors (Lipinski definition) is 5. The van der Waals surface area contributed by atoms with Crippen molar-refractivity contribution < 1.29 is 23.9 Å². The summed E-state index contributed by atoms with van der Waals surface area (Å²) in [4.78, 5) is 39.0. The van der Waals surface area contributed by atoms with Crippen molar-refractivity contribution in [3.63, 3.8) is 0 Å². The van der Waals surface area contributed by atoms with E-state index in [1.807, 2.05) is 39.0 Å². The molecule has 0 bridgehead atoms. The van der Waals surface area contributed by atoms with Crippen LogP contribution < -0.4 is 15.4 Å². The van der Waals surface area contributed by atoms with Crippen LogP contribution in [0.3, 0.4) is 0 Å². The van der Waals surface area contributed by atoms with Crippen molar-refractivity contribution in [2.45, 2.75) is 33.2 Å². The summed E-state index contributed by atoms with van der Waals surface area (Å²) in [6.45, 7) is 7.05. The fourth-order valence-corrected chi connectivity index (χ4v) is 3.67. The molecule has 0 saturated carbocycles. The van der Waals surface area contributed by atoms with Crippen LogP contribution in [0, 0.1) is 6.92 Å². The number of nitrogens with zero attached hydrogens (tertiary/aromatic N) is 1. The highest BCUT2D eigenvalue weighted by Gasteiger charge is 2.35. The maximum absolute atomic E-state index is 12.7. The molecule has 0 radical (unpaired) electrons. The van der Waals surface area contributed by atoms with Crippen LogP contribution in [-0.4, -0.2) is 49.6 Å². The first-order valence-corrected chi connectivity index (χ1v) is 10.7. The van der Waals surface area contributed by atoms with Crippen molar-refractivity contribution in [3.8, 4) is 5.75 Å². The van der Waals surface area contributed by atoms with Gasteiger partial charge in [-0.15, -0.1) is 0 Å². The van der Waals surface area contributed by atoms with Crippen molar-refractivity contribution in [2.24, 2.45) is 0 Å². The number of amides is 4. The Bertz CT molecular complexity index is 1020. The molecule has 170 valence electrons. The minimum atomic E-state index is -0.421. The first-order chi connectivity index (χ1) is 15.3. The van der Waals surface area contributed by atoms with Gasteiger partial charge in [-0.1, -0.05) is 17.7 Å². The number of rotatable bonds is 9. The number of carbonyl (C=O) groups is 3. The number of fused-ring (bicyclic) bond motifs is 1. The third kappa shape index (κ3) is 5.08. The molecule has 8 nitrogen and oxygen atoms in total. The molecule has 4 amide bonds. The molecule has 1 unspecified atom stereocenters. The van der Waals surface area contributed by atoms with Gasteiger partial charge in [-0.3, -0.25) is 14.5 Å². The standard InChI is InChI=1S/C24H29N3O5/c1-5-32-21-10-7-15(2)13-19(21)16(3)25-24(30)26-17-8-9-18-20(14-17)23(29)27(22(18)28)11-6-12-31-4/h7-10,13-14,16H,5-6,11-12H2,1-4H3,(H2,25,26,30). The van der Waals surface area contributed by atoms with Crippen LogP contribution in [0.5, 0.6) is 5.75 Å². The second kappa shape index (κ2) is 10.3. The highest BCUT2D eigenvalue weighted by atomic mass is 16.5. The lowest BCUT2D eigenvalue weighted by atomic mass is 10.0. The molecule has 2 aromatic rings. The zero-order valence-corrected chi connectivity index (χ0v) is 18.9. The number of imide groups is 1. The predicted octanol–water partition coefficient (Wildman–Crippen LogP) is 3.91. The summed E-state index contributed by atoms with van der Waals surface area (Å²) in [5.41, 5.74) is 3.00. The first-order valence-electron chi connectivity index (χ1n) is 10.7. The number of ether oxygens (including phenoxy) is 2. The summed E-state index contributed by atoms with van der Waals surface area (Å²) in [5, 5.41) is 5.64. The van der Waals surface area contributed by atoms with Crippen molar-refractivity contribution in [2.75, 3.05) is 32.2 Å². The lowest BCUT2D eigenvalue weighted by Gasteiger charge is -2.19. The number of benzene rings is 2. The van der Waals surface area contributed by atoms with Crippen LogP contribution in [0.25, 0.3) is 0 Å². The van der Waals surface area contributed by atoms with Crippen LogP contribution in [-0.2, 0) is 4.74 Å². The summed E-state index contributed by atoms with van der Waals surface area (Å²) in [5.74, 6) is 0.0365. The lowest BCUT2D eigenvalue weighted by Crippen LogP contribution is -2.31. The number of aryl methyl sites for hydroxylation is 1. The Kier molecular flexibility index (Phi) is 7.48. The van der Waals surface area contributed by atoms with E-state index in [1.54, 1.807) is 19.2 Å². The molecule has 2 N–H and O–H groups in total. The van der Waals surface area contributed by atoms with E-state index in [0.717, 1.165) is 16.9 Å². The summed E-state index contributed by atoms with van der Waals surface area (Å²) in [7, 11) is 1.57. The fourth-order valence-electron chi connectivity index (χ4n) is 3.67. The second-order valence-electron chi connectivity index (χ2n) is 7.66. The molecule has 1 heterocycles. The molecular formula is C24H29N3O5. The molecule has 3 rings (SSSR count). The van der Waals surface area contributed by atoms with Gasteiger partial charge in [0.05, 0.1) is 23.8 Å². The molecule has 1 aliphatic heterocycles. The Morgan fingerprint density at radius 2 is 1.84 bits per heavy atom. The monoisotopic (exact) mass is 439 g/mol. The van der Waals surface area contributed by atoms with Crippen LogP contribution in [0.1, 0.15) is 58.2 Å². The average Bonchev–Trinajstić information content (AvgIpc) is 2.99. The Morgan fingerprint density at radius 3 is 2.56 bits per heavy atom. The van der Waals surface area contributed by atoms with Crippen LogP contribution in [0.4, 0.5) is 10.5 Å². The molecule has 1 atom stereocenters. The van der Waals surface area contributed by atoms with Gasteiger partial charge in [-0.25, -0.2) is 4.79 Å². The molecule has 0 aliphatic carbocycles. The SMILES string of the molecule is CCOc1ccc(C)cc1C(C)NC(=O)Nc1ccc2c(c1)C(=O)N(CCCOC)C2=O. The number of anilines is 1. The van der Waals surface area contributed by atoms with E-state index in [4.69, 9.17) is 9.47 Å². The number of nitrogens with one attached hydrogen (secondary N) is 2. The Morgan fingerprint density at radius 1 is 1.09 bits per heavy atom. The summed E-state index contributed by atoms with van der Waals surface area (Å²) >= 11 is 0. The third-order valence-electron chi connectivity index (χ3n) is 5.24. The third-order valence-corrected chi connectivity index (χ3v) is 5.24. The molecule has 0 saturated heterocycles. The number of urea groups is 1. The van der Waals surface area contributed by atoms with Gasteiger partial charge in [0.25, 0.3) is 11.8 Å². The molecule has 2 aromatic carbocycles. The maximum atomic E-state index is 12.7. The Balaban J connectivity index is 1.68. The van der Waals surface area contributed by atoms with E-state index >= 15 is 0 Å². The number of hydrogen-bond donors (Lipinski definition) is 2. The molecule has 32 heavy (non-hydrogen) atoms. The highest BCUT2D eigenvalue weighted by Crippen LogP contribution is 2.28. The maximum Gasteiger partial charge on any atom is 0.319 e. The number of carbonyl (C=O) groups excluding carboxylic acids is 3. The summed E-state index contributed by atoms with van der Waals surface area (Å²) < 4.78 is 10.7.